The van der Waals surface area contributed by atoms with Crippen molar-refractivity contribution < 1.29 is 32.6 Å². The minimum absolute atomic E-state index is 0. The van der Waals surface area contributed by atoms with Gasteiger partial charge in [-0.15, -0.1) is 0 Å². The van der Waals surface area contributed by atoms with Crippen LogP contribution < -0.4 is 0 Å². The molecular weight excluding hydrogens is 338 g/mol. The van der Waals surface area contributed by atoms with Gasteiger partial charge in [0.15, 0.2) is 0 Å². The third-order valence-corrected chi connectivity index (χ3v) is 1.75. The number of nitrogens with zero attached hydrogens (tertiary/aromatic N) is 2. The van der Waals surface area contributed by atoms with E-state index in [0.717, 1.165) is 13.1 Å². The molecule has 0 aliphatic carbocycles. The van der Waals surface area contributed by atoms with E-state index in [9.17, 15) is 13.2 Å². The van der Waals surface area contributed by atoms with Crippen LogP contribution in [0.3, 0.4) is 0 Å². The summed E-state index contributed by atoms with van der Waals surface area (Å²) in [5.41, 5.74) is 0. The molecule has 0 unspecified atom stereocenters. The van der Waals surface area contributed by atoms with Crippen LogP contribution in [0.25, 0.3) is 0 Å². The Bertz CT molecular complexity index is 176. The number of hydrogen-bond acceptors (Lipinski definition) is 2. The average Bonchev–Trinajstić information content (AvgIpc) is 2.00. The maximum absolute atomic E-state index is 11.0. The van der Waals surface area contributed by atoms with Gasteiger partial charge in [-0.1, -0.05) is 6.58 Å². The van der Waals surface area contributed by atoms with E-state index in [-0.39, 0.29) is 19.5 Å². The summed E-state index contributed by atoms with van der Waals surface area (Å²) in [5.74, 6) is 0. The Kier molecular flexibility index (Phi) is 14.6. The van der Waals surface area contributed by atoms with Crippen molar-refractivity contribution in [1.29, 1.82) is 0 Å². The van der Waals surface area contributed by atoms with Crippen LogP contribution in [0.1, 0.15) is 0 Å². The van der Waals surface area contributed by atoms with Crippen molar-refractivity contribution in [1.82, 2.24) is 9.80 Å². The third kappa shape index (κ3) is 20.0. The summed E-state index contributed by atoms with van der Waals surface area (Å²) in [6, 6.07) is 0. The first-order chi connectivity index (χ1) is 6.57. The molecule has 0 bridgehead atoms. The Morgan fingerprint density at radius 2 is 1.25 bits per heavy atom. The summed E-state index contributed by atoms with van der Waals surface area (Å²) in [6.45, 7) is 4.91. The molecule has 0 amide bonds. The van der Waals surface area contributed by atoms with Gasteiger partial charge in [0.1, 0.15) is 0 Å². The van der Waals surface area contributed by atoms with E-state index in [4.69, 9.17) is 0 Å². The van der Waals surface area contributed by atoms with Crippen LogP contribution in [0, 0.1) is 0 Å². The molecule has 7 heteroatoms. The number of alkyl halides is 3. The van der Waals surface area contributed by atoms with Gasteiger partial charge in [0, 0.05) is 13.1 Å². The van der Waals surface area contributed by atoms with Gasteiger partial charge < -0.3 is 9.80 Å². The van der Waals surface area contributed by atoms with Crippen LogP contribution >= 0.6 is 15.9 Å². The van der Waals surface area contributed by atoms with Crippen LogP contribution in [-0.4, -0.2) is 57.3 Å². The van der Waals surface area contributed by atoms with E-state index >= 15 is 0 Å². The molecule has 0 saturated carbocycles. The van der Waals surface area contributed by atoms with Crippen LogP contribution in [0.4, 0.5) is 13.2 Å². The molecule has 0 rings (SSSR count). The van der Waals surface area contributed by atoms with Gasteiger partial charge in [-0.2, -0.15) is 13.2 Å². The topological polar surface area (TPSA) is 6.48 Å². The number of hydrogen-bond donors (Lipinski definition) is 0. The molecule has 0 heterocycles. The molecule has 0 radical (unpaired) electrons. The van der Waals surface area contributed by atoms with Crippen molar-refractivity contribution >= 4 is 15.9 Å². The Hall–Kier alpha value is 0.553. The number of halogens is 4. The Morgan fingerprint density at radius 1 is 1.06 bits per heavy atom. The molecule has 0 atom stereocenters. The summed E-state index contributed by atoms with van der Waals surface area (Å²) in [6.07, 6.45) is -4.28. The first kappa shape index (κ1) is 21.8. The molecule has 0 N–H and O–H groups in total. The first-order valence-corrected chi connectivity index (χ1v) is 5.07. The zero-order chi connectivity index (χ0) is 12.6. The molecule has 0 fully saturated rings. The summed E-state index contributed by atoms with van der Waals surface area (Å²) < 4.78 is 32.2. The summed E-state index contributed by atoms with van der Waals surface area (Å²) in [7, 11) is 8.35. The van der Waals surface area contributed by atoms with Gasteiger partial charge in [-0.05, 0) is 44.1 Å². The summed E-state index contributed by atoms with van der Waals surface area (Å²) >= 11 is 2.18. The van der Waals surface area contributed by atoms with E-state index < -0.39 is 10.7 Å². The third-order valence-electron chi connectivity index (χ3n) is 1.30. The van der Waals surface area contributed by atoms with Crippen LogP contribution in [0.5, 0.6) is 0 Å². The van der Waals surface area contributed by atoms with Crippen LogP contribution in [0.15, 0.2) is 11.1 Å². The quantitative estimate of drug-likeness (QED) is 0.717. The van der Waals surface area contributed by atoms with Crippen LogP contribution in [-0.2, 0) is 19.5 Å². The smallest absolute Gasteiger partial charge is 0.308 e. The summed E-state index contributed by atoms with van der Waals surface area (Å²) in [4.78, 5) is 4.36. The molecule has 0 aliphatic rings. The van der Waals surface area contributed by atoms with Gasteiger partial charge >= 0.3 is 25.7 Å². The number of rotatable bonds is 3. The van der Waals surface area contributed by atoms with Crippen molar-refractivity contribution in [2.24, 2.45) is 0 Å². The van der Waals surface area contributed by atoms with Crippen molar-refractivity contribution in [3.63, 3.8) is 0 Å². The van der Waals surface area contributed by atoms with E-state index in [0.29, 0.717) is 0 Å². The molecule has 0 spiro atoms. The minimum Gasteiger partial charge on any atom is -0.308 e. The van der Waals surface area contributed by atoms with Crippen molar-refractivity contribution in [2.45, 2.75) is 6.18 Å². The largest absolute Gasteiger partial charge is 2.00 e. The second kappa shape index (κ2) is 10.7. The van der Waals surface area contributed by atoms with Crippen molar-refractivity contribution in [2.75, 3.05) is 41.3 Å². The maximum Gasteiger partial charge on any atom is 2.00 e. The second-order valence-electron chi connectivity index (χ2n) is 3.51. The predicted octanol–water partition coefficient (Wildman–Crippen LogP) is 2.56. The number of allylic oxidation sites excluding steroid dienone is 1. The maximum atomic E-state index is 11.0. The Balaban J connectivity index is -0.000000200. The fraction of sp³-hybridized carbons (Fsp3) is 0.778. The van der Waals surface area contributed by atoms with Gasteiger partial charge in [0.05, 0.1) is 4.48 Å². The van der Waals surface area contributed by atoms with E-state index in [1.807, 2.05) is 0 Å². The van der Waals surface area contributed by atoms with Gasteiger partial charge in [-0.3, -0.25) is 0 Å². The minimum atomic E-state index is -4.28. The zero-order valence-electron chi connectivity index (χ0n) is 10.2. The van der Waals surface area contributed by atoms with E-state index in [1.165, 1.54) is 0 Å². The summed E-state index contributed by atoms with van der Waals surface area (Å²) in [5, 5.41) is 0. The van der Waals surface area contributed by atoms with Crippen molar-refractivity contribution in [3.8, 4) is 0 Å². The fourth-order valence-corrected chi connectivity index (χ4v) is 0.400. The molecule has 0 aliphatic heterocycles. The normalized spacial score (nSPS) is 10.6. The molecule has 0 aromatic rings. The second-order valence-corrected chi connectivity index (χ2v) is 4.47. The van der Waals surface area contributed by atoms with E-state index in [2.05, 4.69) is 60.5 Å². The number of likely N-dealkylation sites (N-methyl/N-ethyl adjacent to an activating group) is 2. The molecule has 16 heavy (non-hydrogen) atoms. The Labute approximate surface area is 117 Å². The molecule has 0 aromatic carbocycles. The molecular formula is C9H18BrF3N2Zn+2. The van der Waals surface area contributed by atoms with Gasteiger partial charge in [0.2, 0.25) is 0 Å². The molecule has 2 nitrogen and oxygen atoms in total. The zero-order valence-corrected chi connectivity index (χ0v) is 14.8. The monoisotopic (exact) mass is 354 g/mol. The predicted molar refractivity (Wildman–Crippen MR) is 61.2 cm³/mol. The van der Waals surface area contributed by atoms with Crippen molar-refractivity contribution in [3.05, 3.63) is 11.1 Å². The standard InChI is InChI=1S/C6H16N2.C3H2BrF3.Zn/c1-7(2)5-6-8(3)4;1-2(4)3(5,6)7;/h5-6H2,1-4H3;1H2;/q;;+2. The Morgan fingerprint density at radius 3 is 1.31 bits per heavy atom. The molecule has 92 valence electrons. The molecule has 0 saturated heterocycles. The fourth-order valence-electron chi connectivity index (χ4n) is 0.400. The van der Waals surface area contributed by atoms with E-state index in [1.54, 1.807) is 0 Å². The van der Waals surface area contributed by atoms with Gasteiger partial charge in [0.25, 0.3) is 0 Å². The van der Waals surface area contributed by atoms with Gasteiger partial charge in [-0.25, -0.2) is 0 Å². The van der Waals surface area contributed by atoms with Crippen LogP contribution in [0.2, 0.25) is 0 Å². The molecule has 0 aromatic heterocycles. The SMILES string of the molecule is C=C(Br)C(F)(F)F.CN(C)CCN(C)C.[Zn+2]. The first-order valence-electron chi connectivity index (χ1n) is 4.28. The average molecular weight is 357 g/mol.